The molecule has 2 unspecified atom stereocenters. The molecule has 0 amide bonds. The lowest BCUT2D eigenvalue weighted by Gasteiger charge is -2.35. The molecular formula is C11H23ClN2O3S. The van der Waals surface area contributed by atoms with Gasteiger partial charge in [-0.2, -0.15) is 0 Å². The molecule has 2 atom stereocenters. The van der Waals surface area contributed by atoms with Crippen LogP contribution in [0.2, 0.25) is 0 Å². The summed E-state index contributed by atoms with van der Waals surface area (Å²) in [4.78, 5) is 0. The summed E-state index contributed by atoms with van der Waals surface area (Å²) >= 11 is 0. The van der Waals surface area contributed by atoms with Crippen LogP contribution in [0.5, 0.6) is 0 Å². The monoisotopic (exact) mass is 298 g/mol. The largest absolute Gasteiger partial charge is 0.380 e. The van der Waals surface area contributed by atoms with Gasteiger partial charge in [0.1, 0.15) is 0 Å². The van der Waals surface area contributed by atoms with E-state index in [1.54, 1.807) is 4.31 Å². The van der Waals surface area contributed by atoms with Crippen molar-refractivity contribution in [3.8, 4) is 0 Å². The van der Waals surface area contributed by atoms with Gasteiger partial charge in [-0.15, -0.1) is 12.4 Å². The maximum absolute atomic E-state index is 12.4. The molecule has 0 aromatic carbocycles. The van der Waals surface area contributed by atoms with Gasteiger partial charge in [-0.3, -0.25) is 0 Å². The third-order valence-corrected chi connectivity index (χ3v) is 5.98. The number of nitrogens with two attached hydrogens (primary N) is 1. The summed E-state index contributed by atoms with van der Waals surface area (Å²) in [5, 5.41) is -0.340. The van der Waals surface area contributed by atoms with Crippen molar-refractivity contribution >= 4 is 22.4 Å². The first-order chi connectivity index (χ1) is 8.14. The second kappa shape index (κ2) is 7.05. The van der Waals surface area contributed by atoms with Crippen molar-refractivity contribution in [2.75, 3.05) is 32.8 Å². The lowest BCUT2D eigenvalue weighted by atomic mass is 10.0. The third kappa shape index (κ3) is 3.57. The standard InChI is InChI=1S/C11H22N2O3S.ClH/c12-7-10-3-1-5-13(8-10)17(14,15)11-4-2-6-16-9-11;/h10-11H,1-9,12H2;1H. The predicted octanol–water partition coefficient (Wildman–Crippen LogP) is 0.588. The normalized spacial score (nSPS) is 30.7. The minimum absolute atomic E-state index is 0. The zero-order valence-electron chi connectivity index (χ0n) is 10.6. The Hall–Kier alpha value is 0.120. The van der Waals surface area contributed by atoms with E-state index in [0.29, 0.717) is 38.8 Å². The zero-order valence-corrected chi connectivity index (χ0v) is 12.2. The van der Waals surface area contributed by atoms with Crippen LogP contribution in [-0.4, -0.2) is 50.8 Å². The number of ether oxygens (including phenoxy) is 1. The van der Waals surface area contributed by atoms with Gasteiger partial charge in [0.25, 0.3) is 0 Å². The molecule has 2 heterocycles. The van der Waals surface area contributed by atoms with Gasteiger partial charge >= 0.3 is 0 Å². The van der Waals surface area contributed by atoms with Crippen LogP contribution in [0.4, 0.5) is 0 Å². The Bertz CT molecular complexity index is 344. The lowest BCUT2D eigenvalue weighted by molar-refractivity contribution is 0.0967. The van der Waals surface area contributed by atoms with Crippen molar-refractivity contribution in [3.63, 3.8) is 0 Å². The Morgan fingerprint density at radius 3 is 2.67 bits per heavy atom. The smallest absolute Gasteiger partial charge is 0.219 e. The summed E-state index contributed by atoms with van der Waals surface area (Å²) in [7, 11) is -3.18. The number of nitrogens with zero attached hydrogens (tertiary/aromatic N) is 1. The van der Waals surface area contributed by atoms with Crippen molar-refractivity contribution < 1.29 is 13.2 Å². The lowest BCUT2D eigenvalue weighted by Crippen LogP contribution is -2.47. The van der Waals surface area contributed by atoms with Crippen LogP contribution in [0.3, 0.4) is 0 Å². The Labute approximate surface area is 116 Å². The molecule has 0 radical (unpaired) electrons. The molecule has 0 aliphatic carbocycles. The fraction of sp³-hybridized carbons (Fsp3) is 1.00. The predicted molar refractivity (Wildman–Crippen MR) is 73.4 cm³/mol. The summed E-state index contributed by atoms with van der Waals surface area (Å²) in [5.74, 6) is 0.322. The fourth-order valence-electron chi connectivity index (χ4n) is 2.61. The van der Waals surface area contributed by atoms with E-state index in [0.717, 1.165) is 25.7 Å². The minimum Gasteiger partial charge on any atom is -0.380 e. The highest BCUT2D eigenvalue weighted by Crippen LogP contribution is 2.24. The maximum atomic E-state index is 12.4. The molecule has 0 aromatic heterocycles. The molecule has 0 saturated carbocycles. The van der Waals surface area contributed by atoms with Crippen LogP contribution < -0.4 is 5.73 Å². The van der Waals surface area contributed by atoms with E-state index >= 15 is 0 Å². The van der Waals surface area contributed by atoms with Gasteiger partial charge in [0.15, 0.2) is 0 Å². The minimum atomic E-state index is -3.18. The molecule has 0 aromatic rings. The molecule has 5 nitrogen and oxygen atoms in total. The van der Waals surface area contributed by atoms with Crippen LogP contribution in [-0.2, 0) is 14.8 Å². The molecule has 2 aliphatic heterocycles. The molecule has 2 aliphatic rings. The van der Waals surface area contributed by atoms with E-state index < -0.39 is 10.0 Å². The number of rotatable bonds is 3. The van der Waals surface area contributed by atoms with Gasteiger partial charge in [-0.05, 0) is 38.1 Å². The molecule has 2 N–H and O–H groups in total. The van der Waals surface area contributed by atoms with E-state index in [1.807, 2.05) is 0 Å². The van der Waals surface area contributed by atoms with Gasteiger partial charge in [0.05, 0.1) is 11.9 Å². The van der Waals surface area contributed by atoms with Crippen LogP contribution in [0.1, 0.15) is 25.7 Å². The number of hydrogen-bond donors (Lipinski definition) is 1. The Balaban J connectivity index is 0.00000162. The van der Waals surface area contributed by atoms with Crippen LogP contribution in [0.25, 0.3) is 0 Å². The molecule has 108 valence electrons. The summed E-state index contributed by atoms with van der Waals surface area (Å²) in [5.41, 5.74) is 5.64. The molecule has 2 saturated heterocycles. The van der Waals surface area contributed by atoms with Crippen LogP contribution in [0, 0.1) is 5.92 Å². The first-order valence-corrected chi connectivity index (χ1v) is 7.91. The number of piperidine rings is 1. The van der Waals surface area contributed by atoms with Crippen LogP contribution in [0.15, 0.2) is 0 Å². The van der Waals surface area contributed by atoms with E-state index in [9.17, 15) is 8.42 Å². The maximum Gasteiger partial charge on any atom is 0.219 e. The molecule has 2 fully saturated rings. The topological polar surface area (TPSA) is 72.6 Å². The highest BCUT2D eigenvalue weighted by molar-refractivity contribution is 7.89. The average Bonchev–Trinajstić information content (AvgIpc) is 2.40. The molecule has 18 heavy (non-hydrogen) atoms. The van der Waals surface area contributed by atoms with Gasteiger partial charge in [-0.25, -0.2) is 12.7 Å². The van der Waals surface area contributed by atoms with E-state index in [2.05, 4.69) is 0 Å². The molecule has 7 heteroatoms. The number of halogens is 1. The van der Waals surface area contributed by atoms with E-state index in [1.165, 1.54) is 0 Å². The van der Waals surface area contributed by atoms with Crippen molar-refractivity contribution in [2.45, 2.75) is 30.9 Å². The first kappa shape index (κ1) is 16.2. The fourth-order valence-corrected chi connectivity index (χ4v) is 4.56. The van der Waals surface area contributed by atoms with Gasteiger partial charge in [-0.1, -0.05) is 0 Å². The summed E-state index contributed by atoms with van der Waals surface area (Å²) in [6, 6.07) is 0. The average molecular weight is 299 g/mol. The highest BCUT2D eigenvalue weighted by Gasteiger charge is 2.35. The van der Waals surface area contributed by atoms with Crippen LogP contribution >= 0.6 is 12.4 Å². The number of hydrogen-bond acceptors (Lipinski definition) is 4. The summed E-state index contributed by atoms with van der Waals surface area (Å²) in [6.07, 6.45) is 3.54. The van der Waals surface area contributed by atoms with Crippen molar-refractivity contribution in [1.29, 1.82) is 0 Å². The quantitative estimate of drug-likeness (QED) is 0.827. The highest BCUT2D eigenvalue weighted by atomic mass is 35.5. The zero-order chi connectivity index (χ0) is 12.3. The SMILES string of the molecule is Cl.NCC1CCCN(S(=O)(=O)C2CCCOC2)C1. The molecule has 0 bridgehead atoms. The van der Waals surface area contributed by atoms with Gasteiger partial charge in [0, 0.05) is 19.7 Å². The Morgan fingerprint density at radius 2 is 2.06 bits per heavy atom. The summed E-state index contributed by atoms with van der Waals surface area (Å²) in [6.45, 7) is 2.86. The Kier molecular flexibility index (Phi) is 6.34. The molecular weight excluding hydrogens is 276 g/mol. The third-order valence-electron chi connectivity index (χ3n) is 3.71. The summed E-state index contributed by atoms with van der Waals surface area (Å²) < 4.78 is 31.7. The van der Waals surface area contributed by atoms with Gasteiger partial charge < -0.3 is 10.5 Å². The number of sulfonamides is 1. The second-order valence-corrected chi connectivity index (χ2v) is 7.20. The van der Waals surface area contributed by atoms with Gasteiger partial charge in [0.2, 0.25) is 10.0 Å². The molecule has 2 rings (SSSR count). The van der Waals surface area contributed by atoms with E-state index in [4.69, 9.17) is 10.5 Å². The first-order valence-electron chi connectivity index (χ1n) is 6.41. The van der Waals surface area contributed by atoms with Crippen molar-refractivity contribution in [2.24, 2.45) is 11.7 Å². The second-order valence-electron chi connectivity index (χ2n) is 4.99. The van der Waals surface area contributed by atoms with E-state index in [-0.39, 0.29) is 17.7 Å². The molecule has 0 spiro atoms. The van der Waals surface area contributed by atoms with Crippen molar-refractivity contribution in [3.05, 3.63) is 0 Å². The van der Waals surface area contributed by atoms with Crippen molar-refractivity contribution in [1.82, 2.24) is 4.31 Å². The Morgan fingerprint density at radius 1 is 1.28 bits per heavy atom.